The van der Waals surface area contributed by atoms with Crippen LogP contribution < -0.4 is 15.0 Å². The van der Waals surface area contributed by atoms with E-state index in [4.69, 9.17) is 9.57 Å². The zero-order valence-corrected chi connectivity index (χ0v) is 11.6. The fraction of sp³-hybridized carbons (Fsp3) is 0.133. The number of benzene rings is 1. The molecule has 0 unspecified atom stereocenters. The van der Waals surface area contributed by atoms with E-state index in [0.29, 0.717) is 17.2 Å². The van der Waals surface area contributed by atoms with Gasteiger partial charge < -0.3 is 9.47 Å². The summed E-state index contributed by atoms with van der Waals surface area (Å²) in [6.45, 7) is 0. The van der Waals surface area contributed by atoms with Crippen molar-refractivity contribution < 1.29 is 27.5 Å². The molecule has 1 N–H and O–H groups in total. The molecule has 0 saturated heterocycles. The number of pyridine rings is 1. The average Bonchev–Trinajstić information content (AvgIpc) is 2.96. The maximum atomic E-state index is 12.1. The lowest BCUT2D eigenvalue weighted by atomic mass is 10.1. The Hall–Kier alpha value is -2.74. The molecule has 0 aliphatic carbocycles. The Morgan fingerprint density at radius 1 is 1.00 bits per heavy atom. The van der Waals surface area contributed by atoms with Crippen LogP contribution >= 0.6 is 0 Å². The van der Waals surface area contributed by atoms with E-state index in [1.165, 1.54) is 24.3 Å². The number of hydroxylamine groups is 1. The van der Waals surface area contributed by atoms with Gasteiger partial charge in [0.15, 0.2) is 0 Å². The van der Waals surface area contributed by atoms with E-state index in [1.807, 2.05) is 0 Å². The number of nitrogens with one attached hydrogen (secondary N) is 1. The standard InChI is InChI=1S/C15H11F3N2O3/c16-15(17,18)22-12-3-1-10(2-4-12)13-9-14(20-23-13)21-11-5-7-19-8-6-11/h1-9,13,20H/t13-/m1/s1. The first-order valence-corrected chi connectivity index (χ1v) is 6.57. The molecule has 0 spiro atoms. The highest BCUT2D eigenvalue weighted by Crippen LogP contribution is 2.28. The minimum Gasteiger partial charge on any atom is -0.439 e. The molecule has 2 aromatic rings. The zero-order valence-electron chi connectivity index (χ0n) is 11.6. The van der Waals surface area contributed by atoms with Crippen LogP contribution in [0.5, 0.6) is 11.5 Å². The average molecular weight is 324 g/mol. The van der Waals surface area contributed by atoms with Gasteiger partial charge in [-0.15, -0.1) is 13.2 Å². The number of rotatable bonds is 4. The molecule has 1 aliphatic rings. The topological polar surface area (TPSA) is 52.6 Å². The van der Waals surface area contributed by atoms with Crippen molar-refractivity contribution in [3.05, 3.63) is 66.3 Å². The third kappa shape index (κ3) is 4.13. The smallest absolute Gasteiger partial charge is 0.439 e. The molecular weight excluding hydrogens is 313 g/mol. The van der Waals surface area contributed by atoms with Gasteiger partial charge in [0.1, 0.15) is 17.6 Å². The van der Waals surface area contributed by atoms with Gasteiger partial charge in [0, 0.05) is 18.5 Å². The predicted molar refractivity (Wildman–Crippen MR) is 73.0 cm³/mol. The lowest BCUT2D eigenvalue weighted by Gasteiger charge is -2.11. The van der Waals surface area contributed by atoms with Crippen molar-refractivity contribution in [2.24, 2.45) is 0 Å². The summed E-state index contributed by atoms with van der Waals surface area (Å²) in [5.74, 6) is 0.679. The monoisotopic (exact) mass is 324 g/mol. The second kappa shape index (κ2) is 6.17. The maximum Gasteiger partial charge on any atom is 0.573 e. The summed E-state index contributed by atoms with van der Waals surface area (Å²) < 4.78 is 45.7. The molecule has 120 valence electrons. The Bertz CT molecular complexity index is 687. The number of hydrogen-bond donors (Lipinski definition) is 1. The van der Waals surface area contributed by atoms with E-state index in [1.54, 1.807) is 30.6 Å². The van der Waals surface area contributed by atoms with Crippen molar-refractivity contribution in [2.45, 2.75) is 12.5 Å². The van der Waals surface area contributed by atoms with Crippen LogP contribution in [0.3, 0.4) is 0 Å². The Labute approximate surface area is 129 Å². The van der Waals surface area contributed by atoms with Gasteiger partial charge >= 0.3 is 6.36 Å². The van der Waals surface area contributed by atoms with Crippen LogP contribution in [0, 0.1) is 0 Å². The van der Waals surface area contributed by atoms with Gasteiger partial charge in [-0.25, -0.2) is 5.48 Å². The number of nitrogens with zero attached hydrogens (tertiary/aromatic N) is 1. The number of ether oxygens (including phenoxy) is 2. The second-order valence-electron chi connectivity index (χ2n) is 4.57. The van der Waals surface area contributed by atoms with E-state index in [0.717, 1.165) is 0 Å². The molecular formula is C15H11F3N2O3. The molecule has 1 aromatic carbocycles. The minimum atomic E-state index is -4.71. The van der Waals surface area contributed by atoms with Crippen molar-refractivity contribution >= 4 is 0 Å². The molecule has 1 aliphatic heterocycles. The number of alkyl halides is 3. The predicted octanol–water partition coefficient (Wildman–Crippen LogP) is 3.48. The largest absolute Gasteiger partial charge is 0.573 e. The van der Waals surface area contributed by atoms with E-state index in [2.05, 4.69) is 15.2 Å². The van der Waals surface area contributed by atoms with Gasteiger partial charge in [-0.05, 0) is 29.8 Å². The summed E-state index contributed by atoms with van der Waals surface area (Å²) >= 11 is 0. The van der Waals surface area contributed by atoms with Crippen LogP contribution in [0.4, 0.5) is 13.2 Å². The van der Waals surface area contributed by atoms with Crippen molar-refractivity contribution in [1.82, 2.24) is 10.5 Å². The highest BCUT2D eigenvalue weighted by atomic mass is 19.4. The summed E-state index contributed by atoms with van der Waals surface area (Å²) in [5, 5.41) is 0. The van der Waals surface area contributed by atoms with Crippen molar-refractivity contribution in [2.75, 3.05) is 0 Å². The maximum absolute atomic E-state index is 12.1. The van der Waals surface area contributed by atoms with Crippen LogP contribution in [-0.4, -0.2) is 11.3 Å². The number of aromatic nitrogens is 1. The summed E-state index contributed by atoms with van der Waals surface area (Å²) in [6, 6.07) is 8.78. The summed E-state index contributed by atoms with van der Waals surface area (Å²) in [4.78, 5) is 9.19. The molecule has 2 heterocycles. The molecule has 0 radical (unpaired) electrons. The van der Waals surface area contributed by atoms with E-state index >= 15 is 0 Å². The molecule has 23 heavy (non-hydrogen) atoms. The molecule has 3 rings (SSSR count). The fourth-order valence-corrected chi connectivity index (χ4v) is 1.94. The van der Waals surface area contributed by atoms with E-state index in [-0.39, 0.29) is 5.75 Å². The van der Waals surface area contributed by atoms with Gasteiger partial charge in [0.25, 0.3) is 0 Å². The Kier molecular flexibility index (Phi) is 4.07. The first kappa shape index (κ1) is 15.2. The molecule has 1 atom stereocenters. The third-order valence-electron chi connectivity index (χ3n) is 2.91. The first-order chi connectivity index (χ1) is 11.0. The van der Waals surface area contributed by atoms with Crippen molar-refractivity contribution in [3.8, 4) is 11.5 Å². The lowest BCUT2D eigenvalue weighted by Crippen LogP contribution is -2.17. The summed E-state index contributed by atoms with van der Waals surface area (Å²) in [7, 11) is 0. The van der Waals surface area contributed by atoms with Gasteiger partial charge in [-0.2, -0.15) is 0 Å². The molecule has 0 bridgehead atoms. The van der Waals surface area contributed by atoms with Gasteiger partial charge in [0.05, 0.1) is 0 Å². The quantitative estimate of drug-likeness (QED) is 0.933. The van der Waals surface area contributed by atoms with E-state index < -0.39 is 12.5 Å². The van der Waals surface area contributed by atoms with Crippen molar-refractivity contribution in [1.29, 1.82) is 0 Å². The molecule has 0 fully saturated rings. The Balaban J connectivity index is 1.66. The number of halogens is 3. The highest BCUT2D eigenvalue weighted by molar-refractivity contribution is 5.31. The van der Waals surface area contributed by atoms with Crippen LogP contribution in [0.15, 0.2) is 60.8 Å². The van der Waals surface area contributed by atoms with Crippen molar-refractivity contribution in [3.63, 3.8) is 0 Å². The minimum absolute atomic E-state index is 0.288. The van der Waals surface area contributed by atoms with Gasteiger partial charge in [-0.1, -0.05) is 12.1 Å². The highest BCUT2D eigenvalue weighted by Gasteiger charge is 2.31. The molecule has 0 saturated carbocycles. The lowest BCUT2D eigenvalue weighted by molar-refractivity contribution is -0.274. The molecule has 5 nitrogen and oxygen atoms in total. The summed E-state index contributed by atoms with van der Waals surface area (Å²) in [5.41, 5.74) is 3.27. The molecule has 0 amide bonds. The van der Waals surface area contributed by atoms with E-state index in [9.17, 15) is 13.2 Å². The van der Waals surface area contributed by atoms with Gasteiger partial charge in [-0.3, -0.25) is 9.82 Å². The second-order valence-corrected chi connectivity index (χ2v) is 4.57. The summed E-state index contributed by atoms with van der Waals surface area (Å²) in [6.07, 6.45) is -0.351. The van der Waals surface area contributed by atoms with Crippen LogP contribution in [0.25, 0.3) is 0 Å². The number of hydrogen-bond acceptors (Lipinski definition) is 5. The van der Waals surface area contributed by atoms with Gasteiger partial charge in [0.2, 0.25) is 5.88 Å². The van der Waals surface area contributed by atoms with Crippen LogP contribution in [0.1, 0.15) is 11.7 Å². The normalized spacial score (nSPS) is 17.3. The fourth-order valence-electron chi connectivity index (χ4n) is 1.94. The molecule has 1 aromatic heterocycles. The van der Waals surface area contributed by atoms with Crippen LogP contribution in [0.2, 0.25) is 0 Å². The Morgan fingerprint density at radius 3 is 2.35 bits per heavy atom. The SMILES string of the molecule is FC(F)(F)Oc1ccc([C@H]2C=C(Oc3ccncc3)NO2)cc1. The molecule has 8 heteroatoms. The van der Waals surface area contributed by atoms with Crippen LogP contribution in [-0.2, 0) is 4.84 Å². The first-order valence-electron chi connectivity index (χ1n) is 6.57. The Morgan fingerprint density at radius 2 is 1.70 bits per heavy atom. The zero-order chi connectivity index (χ0) is 16.3. The third-order valence-corrected chi connectivity index (χ3v) is 2.91.